The molecule has 4 heteroatoms. The summed E-state index contributed by atoms with van der Waals surface area (Å²) in [6.07, 6.45) is 8.33. The Morgan fingerprint density at radius 3 is 2.75 bits per heavy atom. The van der Waals surface area contributed by atoms with Gasteiger partial charge in [-0.15, -0.1) is 0 Å². The molecule has 1 aromatic carbocycles. The lowest BCUT2D eigenvalue weighted by Gasteiger charge is -2.22. The third kappa shape index (κ3) is 3.02. The van der Waals surface area contributed by atoms with Gasteiger partial charge in [-0.05, 0) is 54.9 Å². The monoisotopic (exact) mass is 309 g/mol. The van der Waals surface area contributed by atoms with Crippen molar-refractivity contribution in [3.8, 4) is 0 Å². The zero-order valence-corrected chi connectivity index (χ0v) is 12.6. The van der Waals surface area contributed by atoms with E-state index in [0.717, 1.165) is 17.9 Å². The van der Waals surface area contributed by atoms with E-state index in [4.69, 9.17) is 23.2 Å². The number of hydrogen-bond donors (Lipinski definition) is 1. The van der Waals surface area contributed by atoms with Crippen molar-refractivity contribution >= 4 is 35.2 Å². The van der Waals surface area contributed by atoms with Crippen LogP contribution in [0.2, 0.25) is 10.0 Å². The summed E-state index contributed by atoms with van der Waals surface area (Å²) in [5.41, 5.74) is 0.805. The topological polar surface area (TPSA) is 29.1 Å². The standard InChI is InChI=1S/C16H17Cl2NO/c17-13-5-3-11(14(18)9-13)4-6-16(20)19-15-8-10-1-2-12(15)7-10/h3-6,9-10,12,15H,1-2,7-8H2,(H,19,20)/t10-,12+,15+/m0/s1. The zero-order chi connectivity index (χ0) is 14.1. The van der Waals surface area contributed by atoms with E-state index in [9.17, 15) is 4.79 Å². The van der Waals surface area contributed by atoms with Crippen molar-refractivity contribution < 1.29 is 4.79 Å². The highest BCUT2D eigenvalue weighted by Gasteiger charge is 2.39. The van der Waals surface area contributed by atoms with E-state index in [1.54, 1.807) is 24.3 Å². The molecule has 2 aliphatic rings. The fourth-order valence-corrected chi connectivity index (χ4v) is 3.93. The van der Waals surface area contributed by atoms with Crippen LogP contribution in [0.25, 0.3) is 6.08 Å². The number of rotatable bonds is 3. The Morgan fingerprint density at radius 1 is 1.25 bits per heavy atom. The minimum atomic E-state index is -0.0337. The molecule has 0 aliphatic heterocycles. The van der Waals surface area contributed by atoms with E-state index in [1.165, 1.54) is 19.3 Å². The number of benzene rings is 1. The number of nitrogens with one attached hydrogen (secondary N) is 1. The number of amides is 1. The molecule has 0 aromatic heterocycles. The van der Waals surface area contributed by atoms with Crippen LogP contribution in [0.15, 0.2) is 24.3 Å². The second kappa shape index (κ2) is 5.79. The molecule has 0 unspecified atom stereocenters. The third-order valence-electron chi connectivity index (χ3n) is 4.44. The summed E-state index contributed by atoms with van der Waals surface area (Å²) in [5, 5.41) is 4.27. The molecular weight excluding hydrogens is 293 g/mol. The van der Waals surface area contributed by atoms with E-state index < -0.39 is 0 Å². The highest BCUT2D eigenvalue weighted by atomic mass is 35.5. The minimum Gasteiger partial charge on any atom is -0.350 e. The summed E-state index contributed by atoms with van der Waals surface area (Å²) < 4.78 is 0. The lowest BCUT2D eigenvalue weighted by molar-refractivity contribution is -0.117. The molecule has 0 radical (unpaired) electrons. The smallest absolute Gasteiger partial charge is 0.244 e. The average molecular weight is 310 g/mol. The van der Waals surface area contributed by atoms with Crippen molar-refractivity contribution in [2.24, 2.45) is 11.8 Å². The van der Waals surface area contributed by atoms with Crippen molar-refractivity contribution in [1.29, 1.82) is 0 Å². The lowest BCUT2D eigenvalue weighted by atomic mass is 9.95. The molecule has 106 valence electrons. The van der Waals surface area contributed by atoms with Crippen LogP contribution in [0.3, 0.4) is 0 Å². The third-order valence-corrected chi connectivity index (χ3v) is 5.00. The number of halogens is 2. The molecule has 1 amide bonds. The number of hydrogen-bond acceptors (Lipinski definition) is 1. The second-order valence-electron chi connectivity index (χ2n) is 5.79. The number of carbonyl (C=O) groups excluding carboxylic acids is 1. The molecule has 2 bridgehead atoms. The predicted octanol–water partition coefficient (Wildman–Crippen LogP) is 4.31. The Kier molecular flexibility index (Phi) is 4.04. The van der Waals surface area contributed by atoms with Gasteiger partial charge in [0, 0.05) is 22.2 Å². The average Bonchev–Trinajstić information content (AvgIpc) is 3.00. The molecule has 2 fully saturated rings. The van der Waals surface area contributed by atoms with Gasteiger partial charge < -0.3 is 5.32 Å². The van der Waals surface area contributed by atoms with Crippen molar-refractivity contribution in [2.45, 2.75) is 31.7 Å². The Hall–Kier alpha value is -0.990. The zero-order valence-electron chi connectivity index (χ0n) is 11.1. The molecule has 3 rings (SSSR count). The van der Waals surface area contributed by atoms with Gasteiger partial charge in [0.15, 0.2) is 0 Å². The highest BCUT2D eigenvalue weighted by molar-refractivity contribution is 6.35. The van der Waals surface area contributed by atoms with Gasteiger partial charge in [-0.1, -0.05) is 35.7 Å². The Morgan fingerprint density at radius 2 is 2.10 bits per heavy atom. The van der Waals surface area contributed by atoms with Gasteiger partial charge in [-0.3, -0.25) is 4.79 Å². The minimum absolute atomic E-state index is 0.0337. The van der Waals surface area contributed by atoms with E-state index in [2.05, 4.69) is 5.32 Å². The summed E-state index contributed by atoms with van der Waals surface area (Å²) in [6, 6.07) is 5.62. The predicted molar refractivity (Wildman–Crippen MR) is 82.9 cm³/mol. The van der Waals surface area contributed by atoms with Gasteiger partial charge in [0.2, 0.25) is 5.91 Å². The summed E-state index contributed by atoms with van der Waals surface area (Å²) in [7, 11) is 0. The maximum absolute atomic E-state index is 12.0. The molecule has 1 N–H and O–H groups in total. The number of carbonyl (C=O) groups is 1. The fourth-order valence-electron chi connectivity index (χ4n) is 3.45. The van der Waals surface area contributed by atoms with Crippen molar-refractivity contribution in [3.63, 3.8) is 0 Å². The van der Waals surface area contributed by atoms with Crippen molar-refractivity contribution in [3.05, 3.63) is 39.9 Å². The summed E-state index contributed by atoms with van der Waals surface area (Å²) in [5.74, 6) is 1.49. The van der Waals surface area contributed by atoms with Crippen molar-refractivity contribution in [1.82, 2.24) is 5.32 Å². The molecule has 1 aromatic rings. The normalized spacial score (nSPS) is 28.2. The first-order chi connectivity index (χ1) is 9.61. The first kappa shape index (κ1) is 14.0. The fraction of sp³-hybridized carbons (Fsp3) is 0.438. The molecule has 3 atom stereocenters. The number of fused-ring (bicyclic) bond motifs is 2. The molecule has 0 heterocycles. The van der Waals surface area contributed by atoms with E-state index in [-0.39, 0.29) is 5.91 Å². The largest absolute Gasteiger partial charge is 0.350 e. The van der Waals surface area contributed by atoms with Crippen LogP contribution < -0.4 is 5.32 Å². The van der Waals surface area contributed by atoms with E-state index >= 15 is 0 Å². The SMILES string of the molecule is O=C(C=Cc1ccc(Cl)cc1Cl)N[C@@H]1C[C@H]2CC[C@@H]1C2. The highest BCUT2D eigenvalue weighted by Crippen LogP contribution is 2.44. The molecule has 0 saturated heterocycles. The van der Waals surface area contributed by atoms with Gasteiger partial charge in [0.05, 0.1) is 0 Å². The lowest BCUT2D eigenvalue weighted by Crippen LogP contribution is -2.37. The second-order valence-corrected chi connectivity index (χ2v) is 6.63. The quantitative estimate of drug-likeness (QED) is 0.828. The first-order valence-electron chi connectivity index (χ1n) is 7.05. The molecule has 20 heavy (non-hydrogen) atoms. The molecular formula is C16H17Cl2NO. The summed E-state index contributed by atoms with van der Waals surface area (Å²) in [4.78, 5) is 12.0. The van der Waals surface area contributed by atoms with Gasteiger partial charge in [0.25, 0.3) is 0 Å². The maximum atomic E-state index is 12.0. The van der Waals surface area contributed by atoms with Crippen LogP contribution >= 0.6 is 23.2 Å². The summed E-state index contributed by atoms with van der Waals surface area (Å²) >= 11 is 11.9. The molecule has 2 aliphatic carbocycles. The van der Waals surface area contributed by atoms with Crippen LogP contribution in [-0.4, -0.2) is 11.9 Å². The van der Waals surface area contributed by atoms with Crippen LogP contribution in [0, 0.1) is 11.8 Å². The molecule has 0 spiro atoms. The van der Waals surface area contributed by atoms with Gasteiger partial charge in [-0.2, -0.15) is 0 Å². The van der Waals surface area contributed by atoms with Crippen LogP contribution in [0.1, 0.15) is 31.2 Å². The Balaban J connectivity index is 1.59. The Bertz CT molecular complexity index is 555. The van der Waals surface area contributed by atoms with E-state index in [0.29, 0.717) is 22.0 Å². The van der Waals surface area contributed by atoms with Gasteiger partial charge >= 0.3 is 0 Å². The van der Waals surface area contributed by atoms with Gasteiger partial charge in [0.1, 0.15) is 0 Å². The summed E-state index contributed by atoms with van der Waals surface area (Å²) in [6.45, 7) is 0. The van der Waals surface area contributed by atoms with Gasteiger partial charge in [-0.25, -0.2) is 0 Å². The van der Waals surface area contributed by atoms with E-state index in [1.807, 2.05) is 6.07 Å². The van der Waals surface area contributed by atoms with Crippen LogP contribution in [0.5, 0.6) is 0 Å². The molecule has 2 saturated carbocycles. The molecule has 2 nitrogen and oxygen atoms in total. The van der Waals surface area contributed by atoms with Crippen LogP contribution in [-0.2, 0) is 4.79 Å². The first-order valence-corrected chi connectivity index (χ1v) is 7.81. The maximum Gasteiger partial charge on any atom is 0.244 e. The van der Waals surface area contributed by atoms with Crippen LogP contribution in [0.4, 0.5) is 0 Å². The van der Waals surface area contributed by atoms with Crippen molar-refractivity contribution in [2.75, 3.05) is 0 Å². The Labute approximate surface area is 129 Å².